The summed E-state index contributed by atoms with van der Waals surface area (Å²) < 4.78 is 12.9. The van der Waals surface area contributed by atoms with E-state index in [4.69, 9.17) is 9.47 Å². The topological polar surface area (TPSA) is 118 Å². The number of nitrogens with zero attached hydrogens (tertiary/aromatic N) is 1. The second kappa shape index (κ2) is 12.2. The second-order valence-corrected chi connectivity index (χ2v) is 15.9. The van der Waals surface area contributed by atoms with Gasteiger partial charge in [0, 0.05) is 26.2 Å². The van der Waals surface area contributed by atoms with E-state index in [1.54, 1.807) is 23.9 Å². The van der Waals surface area contributed by atoms with Gasteiger partial charge in [0.1, 0.15) is 0 Å². The molecule has 246 valence electrons. The number of nitrogens with one attached hydrogen (secondary N) is 2. The van der Waals surface area contributed by atoms with E-state index < -0.39 is 5.92 Å². The summed E-state index contributed by atoms with van der Waals surface area (Å²) in [7, 11) is 0. The number of benzene rings is 3. The van der Waals surface area contributed by atoms with E-state index >= 15 is 0 Å². The number of fused-ring (bicyclic) bond motifs is 9. The van der Waals surface area contributed by atoms with Crippen molar-refractivity contribution >= 4 is 68.1 Å². The molecule has 2 saturated carbocycles. The number of rotatable bonds is 8. The van der Waals surface area contributed by atoms with Gasteiger partial charge in [-0.3, -0.25) is 24.1 Å². The van der Waals surface area contributed by atoms with Crippen molar-refractivity contribution in [2.24, 2.45) is 29.6 Å². The van der Waals surface area contributed by atoms with Crippen LogP contribution in [-0.4, -0.2) is 41.2 Å². The highest BCUT2D eigenvalue weighted by molar-refractivity contribution is 9.10. The number of hydrogen-bond acceptors (Lipinski definition) is 8. The summed E-state index contributed by atoms with van der Waals surface area (Å²) in [6, 6.07) is 20.6. The Hall–Kier alpha value is -3.87. The van der Waals surface area contributed by atoms with E-state index in [1.807, 2.05) is 68.4 Å². The number of ether oxygens (including phenoxy) is 2. The Balaban J connectivity index is 1.10. The lowest BCUT2D eigenvalue weighted by Crippen LogP contribution is -2.42. The summed E-state index contributed by atoms with van der Waals surface area (Å²) in [6.45, 7) is 4.07. The monoisotopic (exact) mass is 745 g/mol. The van der Waals surface area contributed by atoms with Gasteiger partial charge in [-0.15, -0.1) is 11.8 Å². The average Bonchev–Trinajstić information content (AvgIpc) is 3.81. The summed E-state index contributed by atoms with van der Waals surface area (Å²) in [5.41, 5.74) is 3.34. The average molecular weight is 747 g/mol. The number of carbonyl (C=O) groups excluding carboxylic acids is 3. The van der Waals surface area contributed by atoms with Gasteiger partial charge in [0.25, 0.3) is 5.91 Å². The molecule has 1 aromatic heterocycles. The Morgan fingerprint density at radius 1 is 0.958 bits per heavy atom. The first-order valence-corrected chi connectivity index (χ1v) is 18.5. The van der Waals surface area contributed by atoms with Crippen LogP contribution < -0.4 is 24.6 Å². The number of aromatic amines is 1. The zero-order chi connectivity index (χ0) is 33.3. The number of hydrogen-bond donors (Lipinski definition) is 2. The fourth-order valence-corrected chi connectivity index (χ4v) is 11.5. The molecule has 2 bridgehead atoms. The first-order chi connectivity index (χ1) is 23.2. The van der Waals surface area contributed by atoms with Crippen LogP contribution in [0.5, 0.6) is 11.5 Å². The number of anilines is 2. The summed E-state index contributed by atoms with van der Waals surface area (Å²) in [5.74, 6) is -0.466. The standard InChI is InChI=1S/C36H32BrN3O6S2/c1-3-45-25-14-18(6-13-24(25)46-16-26(41)38-20-9-4-17(2)5-10-20)27-28-22-15-23(31(28)47-33-32(27)48-36(44)39-33)30-29(22)34(42)40(35(30)43)21-11-7-19(37)8-12-21/h4-14,22-23,27-31H,3,15-16H2,1-2H3,(H,38,41)(H,39,44)/t22-,23-,27+,28-,29+,30+,31-/m1/s1. The molecule has 8 rings (SSSR count). The van der Waals surface area contributed by atoms with E-state index in [-0.39, 0.29) is 64.0 Å². The van der Waals surface area contributed by atoms with Crippen molar-refractivity contribution in [3.05, 3.63) is 96.9 Å². The molecule has 3 aromatic carbocycles. The summed E-state index contributed by atoms with van der Waals surface area (Å²) in [6.07, 6.45) is 0.800. The summed E-state index contributed by atoms with van der Waals surface area (Å²) >= 11 is 6.31. The highest BCUT2D eigenvalue weighted by Crippen LogP contribution is 2.68. The number of thioether (sulfide) groups is 1. The number of thiazole rings is 1. The number of H-pyrrole nitrogens is 1. The predicted octanol–water partition coefficient (Wildman–Crippen LogP) is 6.60. The Kier molecular flexibility index (Phi) is 8.00. The van der Waals surface area contributed by atoms with E-state index in [1.165, 1.54) is 16.2 Å². The molecule has 0 spiro atoms. The van der Waals surface area contributed by atoms with Crippen LogP contribution >= 0.6 is 39.0 Å². The minimum Gasteiger partial charge on any atom is -0.490 e. The van der Waals surface area contributed by atoms with Gasteiger partial charge in [0.2, 0.25) is 11.8 Å². The SMILES string of the molecule is CCOc1cc([C@@H]2c3sc(=O)[nH]c3S[C@@H]3[C@@H]4C[C@@H]([C@@H]5C(=O)N(c6ccc(Br)cc6)C(=O)[C@@H]45)[C@H]23)ccc1OCC(=O)Nc1ccc(C)cc1. The third-order valence-corrected chi connectivity index (χ3v) is 13.2. The Bertz CT molecular complexity index is 1990. The Morgan fingerprint density at radius 3 is 2.42 bits per heavy atom. The number of halogens is 1. The minimum absolute atomic E-state index is 0.0123. The maximum absolute atomic E-state index is 14.0. The van der Waals surface area contributed by atoms with Crippen molar-refractivity contribution < 1.29 is 23.9 Å². The van der Waals surface area contributed by atoms with E-state index in [2.05, 4.69) is 26.2 Å². The largest absolute Gasteiger partial charge is 0.490 e. The van der Waals surface area contributed by atoms with Crippen molar-refractivity contribution in [3.8, 4) is 11.5 Å². The van der Waals surface area contributed by atoms with Crippen molar-refractivity contribution in [3.63, 3.8) is 0 Å². The quantitative estimate of drug-likeness (QED) is 0.195. The van der Waals surface area contributed by atoms with Crippen molar-refractivity contribution in [2.45, 2.75) is 36.5 Å². The van der Waals surface area contributed by atoms with Crippen LogP contribution in [0.15, 0.2) is 81.0 Å². The normalized spacial score (nSPS) is 26.6. The molecule has 0 radical (unpaired) electrons. The summed E-state index contributed by atoms with van der Waals surface area (Å²) in [4.78, 5) is 58.6. The zero-order valence-electron chi connectivity index (χ0n) is 26.1. The molecule has 3 amide bonds. The smallest absolute Gasteiger partial charge is 0.305 e. The van der Waals surface area contributed by atoms with Gasteiger partial charge in [-0.25, -0.2) is 0 Å². The number of aryl methyl sites for hydroxylation is 1. The minimum atomic E-state index is -0.395. The van der Waals surface area contributed by atoms with E-state index in [0.29, 0.717) is 29.5 Å². The van der Waals surface area contributed by atoms with Crippen LogP contribution in [0.2, 0.25) is 0 Å². The van der Waals surface area contributed by atoms with Crippen LogP contribution in [0.4, 0.5) is 11.4 Å². The van der Waals surface area contributed by atoms with Gasteiger partial charge in [-0.2, -0.15) is 0 Å². The van der Waals surface area contributed by atoms with Gasteiger partial charge < -0.3 is 19.8 Å². The van der Waals surface area contributed by atoms with Gasteiger partial charge in [0.05, 0.1) is 29.2 Å². The van der Waals surface area contributed by atoms with Crippen molar-refractivity contribution in [1.82, 2.24) is 4.98 Å². The van der Waals surface area contributed by atoms with Crippen molar-refractivity contribution in [2.75, 3.05) is 23.4 Å². The Morgan fingerprint density at radius 2 is 1.69 bits per heavy atom. The molecule has 3 fully saturated rings. The van der Waals surface area contributed by atoms with Gasteiger partial charge in [-0.05, 0) is 92.1 Å². The molecule has 0 unspecified atom stereocenters. The number of carbonyl (C=O) groups is 3. The molecular weight excluding hydrogens is 714 g/mol. The molecule has 1 saturated heterocycles. The molecule has 9 nitrogen and oxygen atoms in total. The highest BCUT2D eigenvalue weighted by Gasteiger charge is 2.69. The highest BCUT2D eigenvalue weighted by atomic mass is 79.9. The molecular formula is C36H32BrN3O6S2. The van der Waals surface area contributed by atoms with Crippen LogP contribution in [0.25, 0.3) is 0 Å². The number of imide groups is 1. The number of aromatic nitrogens is 1. The maximum Gasteiger partial charge on any atom is 0.305 e. The Labute approximate surface area is 293 Å². The molecule has 4 aromatic rings. The van der Waals surface area contributed by atoms with Gasteiger partial charge in [-0.1, -0.05) is 51.0 Å². The molecule has 2 N–H and O–H groups in total. The molecule has 12 heteroatoms. The lowest BCUT2D eigenvalue weighted by molar-refractivity contribution is -0.123. The molecule has 4 aliphatic rings. The fraction of sp³-hybridized carbons (Fsp3) is 0.333. The third-order valence-electron chi connectivity index (χ3n) is 10.1. The first-order valence-electron chi connectivity index (χ1n) is 16.0. The van der Waals surface area contributed by atoms with E-state index in [9.17, 15) is 19.2 Å². The lowest BCUT2D eigenvalue weighted by Gasteiger charge is -2.43. The van der Waals surface area contributed by atoms with Gasteiger partial charge in [0.15, 0.2) is 18.1 Å². The predicted molar refractivity (Wildman–Crippen MR) is 188 cm³/mol. The first kappa shape index (κ1) is 31.4. The van der Waals surface area contributed by atoms with Gasteiger partial charge >= 0.3 is 4.87 Å². The van der Waals surface area contributed by atoms with Crippen LogP contribution in [-0.2, 0) is 14.4 Å². The molecule has 2 aliphatic carbocycles. The maximum atomic E-state index is 14.0. The van der Waals surface area contributed by atoms with E-state index in [0.717, 1.165) is 31.9 Å². The molecule has 2 aliphatic heterocycles. The number of amides is 3. The lowest BCUT2D eigenvalue weighted by atomic mass is 9.68. The third kappa shape index (κ3) is 5.19. The fourth-order valence-electron chi connectivity index (χ4n) is 8.32. The van der Waals surface area contributed by atoms with Crippen LogP contribution in [0.1, 0.15) is 35.3 Å². The van der Waals surface area contributed by atoms with Crippen LogP contribution in [0, 0.1) is 36.5 Å². The second-order valence-electron chi connectivity index (χ2n) is 12.8. The molecule has 7 atom stereocenters. The zero-order valence-corrected chi connectivity index (χ0v) is 29.3. The molecule has 48 heavy (non-hydrogen) atoms. The van der Waals surface area contributed by atoms with Crippen molar-refractivity contribution in [1.29, 1.82) is 0 Å². The molecule has 3 heterocycles. The van der Waals surface area contributed by atoms with Crippen LogP contribution in [0.3, 0.4) is 0 Å². The summed E-state index contributed by atoms with van der Waals surface area (Å²) in [5, 5.41) is 3.76.